The summed E-state index contributed by atoms with van der Waals surface area (Å²) in [5.41, 5.74) is 2.46. The largest absolute Gasteiger partial charge is 0.457 e. The summed E-state index contributed by atoms with van der Waals surface area (Å²) < 4.78 is 5.73. The second kappa shape index (κ2) is 5.07. The van der Waals surface area contributed by atoms with E-state index in [-0.39, 0.29) is 0 Å². The molecule has 87 valence electrons. The van der Waals surface area contributed by atoms with E-state index in [1.54, 1.807) is 11.3 Å². The van der Waals surface area contributed by atoms with Gasteiger partial charge in [-0.15, -0.1) is 0 Å². The van der Waals surface area contributed by atoms with Crippen LogP contribution in [0.1, 0.15) is 0 Å². The van der Waals surface area contributed by atoms with Gasteiger partial charge in [-0.2, -0.15) is 11.3 Å². The molecule has 1 radical (unpaired) electrons. The maximum Gasteiger partial charge on any atom is 0.127 e. The van der Waals surface area contributed by atoms with E-state index in [1.807, 2.05) is 36.4 Å². The summed E-state index contributed by atoms with van der Waals surface area (Å²) in [6.07, 6.45) is 0. The van der Waals surface area contributed by atoms with Crippen LogP contribution in [-0.2, 0) is 0 Å². The molecule has 0 atom stereocenters. The van der Waals surface area contributed by atoms with Gasteiger partial charge in [0.05, 0.1) is 0 Å². The highest BCUT2D eigenvalue weighted by molar-refractivity contribution is 7.08. The molecule has 0 N–H and O–H groups in total. The van der Waals surface area contributed by atoms with Crippen molar-refractivity contribution in [2.75, 3.05) is 0 Å². The van der Waals surface area contributed by atoms with Crippen LogP contribution < -0.4 is 4.74 Å². The lowest BCUT2D eigenvalue weighted by Gasteiger charge is -2.05. The molecule has 2 heteroatoms. The molecule has 0 aliphatic rings. The van der Waals surface area contributed by atoms with Gasteiger partial charge >= 0.3 is 0 Å². The predicted octanol–water partition coefficient (Wildman–Crippen LogP) is 5.01. The van der Waals surface area contributed by atoms with Gasteiger partial charge < -0.3 is 4.74 Å². The number of benzene rings is 2. The van der Waals surface area contributed by atoms with E-state index in [0.717, 1.165) is 11.5 Å². The molecule has 0 fully saturated rings. The van der Waals surface area contributed by atoms with Crippen LogP contribution in [0.15, 0.2) is 65.4 Å². The maximum atomic E-state index is 5.73. The van der Waals surface area contributed by atoms with Crippen molar-refractivity contribution in [1.29, 1.82) is 0 Å². The molecule has 0 bridgehead atoms. The topological polar surface area (TPSA) is 9.23 Å². The van der Waals surface area contributed by atoms with E-state index in [9.17, 15) is 0 Å². The van der Waals surface area contributed by atoms with Gasteiger partial charge in [0.15, 0.2) is 0 Å². The van der Waals surface area contributed by atoms with Crippen molar-refractivity contribution in [2.24, 2.45) is 0 Å². The molecule has 0 saturated heterocycles. The first-order chi connectivity index (χ1) is 8.92. The lowest BCUT2D eigenvalue weighted by Crippen LogP contribution is -1.83. The zero-order valence-electron chi connectivity index (χ0n) is 9.67. The summed E-state index contributed by atoms with van der Waals surface area (Å²) >= 11 is 1.71. The highest BCUT2D eigenvalue weighted by Crippen LogP contribution is 2.26. The van der Waals surface area contributed by atoms with Crippen LogP contribution in [0.3, 0.4) is 0 Å². The van der Waals surface area contributed by atoms with Crippen molar-refractivity contribution in [1.82, 2.24) is 0 Å². The van der Waals surface area contributed by atoms with Crippen LogP contribution in [0.2, 0.25) is 0 Å². The standard InChI is InChI=1S/C16H11OS/c1-2-4-15(5-3-1)17-16-8-6-13(7-9-16)14-10-11-18-12-14/h2-12H. The number of rotatable bonds is 3. The Hall–Kier alpha value is -2.06. The van der Waals surface area contributed by atoms with E-state index < -0.39 is 0 Å². The Morgan fingerprint density at radius 2 is 1.50 bits per heavy atom. The van der Waals surface area contributed by atoms with E-state index in [0.29, 0.717) is 0 Å². The van der Waals surface area contributed by atoms with Gasteiger partial charge in [0.25, 0.3) is 0 Å². The third-order valence-corrected chi connectivity index (χ3v) is 3.32. The zero-order chi connectivity index (χ0) is 12.2. The molecular formula is C16H11OS. The third-order valence-electron chi connectivity index (χ3n) is 2.63. The summed E-state index contributed by atoms with van der Waals surface area (Å²) in [4.78, 5) is 0. The first-order valence-corrected chi connectivity index (χ1v) is 6.63. The Balaban J connectivity index is 1.80. The van der Waals surface area contributed by atoms with Gasteiger partial charge in [0.1, 0.15) is 11.5 Å². The lowest BCUT2D eigenvalue weighted by atomic mass is 10.1. The normalized spacial score (nSPS) is 10.2. The summed E-state index contributed by atoms with van der Waals surface area (Å²) in [7, 11) is 0. The molecule has 0 amide bonds. The Labute approximate surface area is 110 Å². The van der Waals surface area contributed by atoms with Gasteiger partial charge in [-0.3, -0.25) is 0 Å². The number of thiophene rings is 1. The monoisotopic (exact) mass is 251 g/mol. The lowest BCUT2D eigenvalue weighted by molar-refractivity contribution is 0.483. The van der Waals surface area contributed by atoms with Crippen molar-refractivity contribution in [3.05, 3.63) is 71.4 Å². The van der Waals surface area contributed by atoms with Crippen molar-refractivity contribution in [3.63, 3.8) is 0 Å². The van der Waals surface area contributed by atoms with Crippen LogP contribution >= 0.6 is 11.3 Å². The summed E-state index contributed by atoms with van der Waals surface area (Å²) in [6.45, 7) is 0. The van der Waals surface area contributed by atoms with Crippen LogP contribution in [0, 0.1) is 6.07 Å². The molecule has 1 nitrogen and oxygen atoms in total. The maximum absolute atomic E-state index is 5.73. The van der Waals surface area contributed by atoms with Crippen molar-refractivity contribution >= 4 is 11.3 Å². The second-order valence-corrected chi connectivity index (χ2v) is 4.65. The number of ether oxygens (including phenoxy) is 1. The number of hydrogen-bond acceptors (Lipinski definition) is 2. The first-order valence-electron chi connectivity index (χ1n) is 5.68. The summed E-state index contributed by atoms with van der Waals surface area (Å²) in [5, 5.41) is 4.23. The van der Waals surface area contributed by atoms with E-state index in [1.165, 1.54) is 11.1 Å². The van der Waals surface area contributed by atoms with Crippen LogP contribution in [0.4, 0.5) is 0 Å². The van der Waals surface area contributed by atoms with Gasteiger partial charge in [0.2, 0.25) is 0 Å². The fourth-order valence-corrected chi connectivity index (χ4v) is 2.38. The average molecular weight is 251 g/mol. The van der Waals surface area contributed by atoms with Crippen molar-refractivity contribution in [3.8, 4) is 22.6 Å². The highest BCUT2D eigenvalue weighted by Gasteiger charge is 1.99. The molecule has 3 aromatic rings. The molecule has 0 aliphatic carbocycles. The summed E-state index contributed by atoms with van der Waals surface area (Å²) in [5.74, 6) is 1.68. The minimum absolute atomic E-state index is 0.831. The molecule has 18 heavy (non-hydrogen) atoms. The van der Waals surface area contributed by atoms with Gasteiger partial charge in [-0.1, -0.05) is 24.3 Å². The third kappa shape index (κ3) is 2.44. The fourth-order valence-electron chi connectivity index (χ4n) is 1.72. The van der Waals surface area contributed by atoms with Gasteiger partial charge in [-0.05, 0) is 58.3 Å². The van der Waals surface area contributed by atoms with Crippen LogP contribution in [0.5, 0.6) is 11.5 Å². The van der Waals surface area contributed by atoms with Gasteiger partial charge in [-0.25, -0.2) is 0 Å². The molecule has 1 heterocycles. The van der Waals surface area contributed by atoms with E-state index in [2.05, 4.69) is 35.0 Å². The Morgan fingerprint density at radius 3 is 2.17 bits per heavy atom. The fraction of sp³-hybridized carbons (Fsp3) is 0. The first kappa shape index (κ1) is 11.1. The smallest absolute Gasteiger partial charge is 0.127 e. The second-order valence-electron chi connectivity index (χ2n) is 3.87. The Morgan fingerprint density at radius 1 is 0.778 bits per heavy atom. The molecular weight excluding hydrogens is 240 g/mol. The van der Waals surface area contributed by atoms with Crippen molar-refractivity contribution in [2.45, 2.75) is 0 Å². The van der Waals surface area contributed by atoms with Crippen LogP contribution in [0.25, 0.3) is 11.1 Å². The molecule has 0 spiro atoms. The van der Waals surface area contributed by atoms with Crippen LogP contribution in [-0.4, -0.2) is 0 Å². The molecule has 0 aliphatic heterocycles. The molecule has 0 saturated carbocycles. The minimum Gasteiger partial charge on any atom is -0.457 e. The summed E-state index contributed by atoms with van der Waals surface area (Å²) in [6, 6.07) is 20.7. The quantitative estimate of drug-likeness (QED) is 0.636. The van der Waals surface area contributed by atoms with Crippen molar-refractivity contribution < 1.29 is 4.74 Å². The minimum atomic E-state index is 0.831. The Bertz CT molecular complexity index is 597. The molecule has 0 unspecified atom stereocenters. The SMILES string of the molecule is [c]1ccc(Oc2ccc(-c3ccsc3)cc2)cc1. The molecule has 3 rings (SSSR count). The zero-order valence-corrected chi connectivity index (χ0v) is 10.5. The Kier molecular flexibility index (Phi) is 3.11. The average Bonchev–Trinajstić information content (AvgIpc) is 2.95. The number of hydrogen-bond donors (Lipinski definition) is 0. The predicted molar refractivity (Wildman–Crippen MR) is 75.1 cm³/mol. The molecule has 2 aromatic carbocycles. The van der Waals surface area contributed by atoms with Gasteiger partial charge in [0, 0.05) is 0 Å². The highest BCUT2D eigenvalue weighted by atomic mass is 32.1. The molecule has 1 aromatic heterocycles. The van der Waals surface area contributed by atoms with E-state index in [4.69, 9.17) is 4.74 Å². The van der Waals surface area contributed by atoms with E-state index >= 15 is 0 Å².